The standard InChI is InChI=1S/C15H19N5O2/c1-9-2-3-10(6-20(9)15(21)12-7-22-12)19-14-11-4-5-16-13(11)17-8-18-14/h4-5,8-10,12H,2-3,6-7H2,1H3,(H2,16,17,18,19)/t9-,10+,12?/m0/s1. The fourth-order valence-corrected chi connectivity index (χ4v) is 3.09. The zero-order valence-corrected chi connectivity index (χ0v) is 12.5. The van der Waals surface area contributed by atoms with Crippen LogP contribution in [0.4, 0.5) is 5.82 Å². The Bertz CT molecular complexity index is 696. The molecule has 2 aromatic rings. The maximum atomic E-state index is 12.3. The van der Waals surface area contributed by atoms with E-state index in [0.717, 1.165) is 29.7 Å². The topological polar surface area (TPSA) is 86.4 Å². The summed E-state index contributed by atoms with van der Waals surface area (Å²) in [6.07, 6.45) is 5.20. The summed E-state index contributed by atoms with van der Waals surface area (Å²) in [4.78, 5) is 25.8. The van der Waals surface area contributed by atoms with Crippen LogP contribution < -0.4 is 5.32 Å². The molecule has 0 radical (unpaired) electrons. The number of fused-ring (bicyclic) bond motifs is 1. The van der Waals surface area contributed by atoms with Gasteiger partial charge >= 0.3 is 0 Å². The molecule has 2 aliphatic rings. The number of rotatable bonds is 3. The summed E-state index contributed by atoms with van der Waals surface area (Å²) in [6, 6.07) is 2.43. The molecule has 116 valence electrons. The van der Waals surface area contributed by atoms with Crippen molar-refractivity contribution in [2.45, 2.75) is 38.0 Å². The highest BCUT2D eigenvalue weighted by atomic mass is 16.6. The highest BCUT2D eigenvalue weighted by Gasteiger charge is 2.39. The molecule has 7 heteroatoms. The normalized spacial score (nSPS) is 27.9. The quantitative estimate of drug-likeness (QED) is 0.831. The summed E-state index contributed by atoms with van der Waals surface area (Å²) in [5, 5.41) is 4.45. The molecule has 1 amide bonds. The van der Waals surface area contributed by atoms with E-state index in [4.69, 9.17) is 4.74 Å². The van der Waals surface area contributed by atoms with E-state index in [9.17, 15) is 4.79 Å². The molecule has 2 fully saturated rings. The molecular weight excluding hydrogens is 282 g/mol. The van der Waals surface area contributed by atoms with E-state index in [1.54, 1.807) is 6.33 Å². The second kappa shape index (κ2) is 5.24. The number of piperidine rings is 1. The van der Waals surface area contributed by atoms with Crippen LogP contribution in [0.5, 0.6) is 0 Å². The Kier molecular flexibility index (Phi) is 3.22. The van der Waals surface area contributed by atoms with Crippen molar-refractivity contribution in [2.24, 2.45) is 0 Å². The Balaban J connectivity index is 1.50. The molecular formula is C15H19N5O2. The summed E-state index contributed by atoms with van der Waals surface area (Å²) < 4.78 is 5.14. The number of carbonyl (C=O) groups is 1. The number of hydrogen-bond donors (Lipinski definition) is 2. The number of aromatic nitrogens is 3. The molecule has 1 unspecified atom stereocenters. The van der Waals surface area contributed by atoms with Crippen LogP contribution in [0.25, 0.3) is 11.0 Å². The molecule has 0 spiro atoms. The molecule has 2 N–H and O–H groups in total. The lowest BCUT2D eigenvalue weighted by atomic mass is 9.99. The maximum absolute atomic E-state index is 12.3. The maximum Gasteiger partial charge on any atom is 0.254 e. The Morgan fingerprint density at radius 3 is 3.14 bits per heavy atom. The summed E-state index contributed by atoms with van der Waals surface area (Å²) in [5.41, 5.74) is 0.820. The largest absolute Gasteiger partial charge is 0.365 e. The van der Waals surface area contributed by atoms with Gasteiger partial charge in [0, 0.05) is 24.8 Å². The van der Waals surface area contributed by atoms with E-state index < -0.39 is 0 Å². The van der Waals surface area contributed by atoms with Crippen molar-refractivity contribution < 1.29 is 9.53 Å². The number of ether oxygens (including phenoxy) is 1. The van der Waals surface area contributed by atoms with Crippen LogP contribution in [0.2, 0.25) is 0 Å². The predicted octanol–water partition coefficient (Wildman–Crippen LogP) is 1.15. The number of hydrogen-bond acceptors (Lipinski definition) is 5. The first kappa shape index (κ1) is 13.5. The first-order valence-electron chi connectivity index (χ1n) is 7.69. The number of H-pyrrole nitrogens is 1. The van der Waals surface area contributed by atoms with Gasteiger partial charge in [-0.25, -0.2) is 9.97 Å². The molecule has 2 aromatic heterocycles. The van der Waals surface area contributed by atoms with Crippen LogP contribution in [0.3, 0.4) is 0 Å². The van der Waals surface area contributed by atoms with E-state index in [1.165, 1.54) is 0 Å². The third-order valence-electron chi connectivity index (χ3n) is 4.47. The van der Waals surface area contributed by atoms with Gasteiger partial charge in [0.15, 0.2) is 6.10 Å². The van der Waals surface area contributed by atoms with Crippen molar-refractivity contribution >= 4 is 22.8 Å². The molecule has 0 aromatic carbocycles. The number of carbonyl (C=O) groups excluding carboxylic acids is 1. The first-order valence-corrected chi connectivity index (χ1v) is 7.69. The molecule has 4 rings (SSSR count). The number of amides is 1. The number of likely N-dealkylation sites (tertiary alicyclic amines) is 1. The highest BCUT2D eigenvalue weighted by molar-refractivity contribution is 5.87. The average molecular weight is 301 g/mol. The smallest absolute Gasteiger partial charge is 0.254 e. The van der Waals surface area contributed by atoms with Gasteiger partial charge in [-0.05, 0) is 25.8 Å². The Morgan fingerprint density at radius 1 is 1.45 bits per heavy atom. The number of epoxide rings is 1. The van der Waals surface area contributed by atoms with Crippen LogP contribution in [0.15, 0.2) is 18.6 Å². The minimum atomic E-state index is -0.211. The fraction of sp³-hybridized carbons (Fsp3) is 0.533. The van der Waals surface area contributed by atoms with Crippen molar-refractivity contribution in [1.82, 2.24) is 19.9 Å². The molecule has 0 aliphatic carbocycles. The molecule has 2 saturated heterocycles. The van der Waals surface area contributed by atoms with Crippen LogP contribution in [0, 0.1) is 0 Å². The van der Waals surface area contributed by atoms with Crippen molar-refractivity contribution in [1.29, 1.82) is 0 Å². The van der Waals surface area contributed by atoms with E-state index >= 15 is 0 Å². The second-order valence-corrected chi connectivity index (χ2v) is 6.04. The summed E-state index contributed by atoms with van der Waals surface area (Å²) in [5.74, 6) is 0.939. The minimum Gasteiger partial charge on any atom is -0.365 e. The summed E-state index contributed by atoms with van der Waals surface area (Å²) >= 11 is 0. The van der Waals surface area contributed by atoms with Gasteiger partial charge in [0.1, 0.15) is 17.8 Å². The Labute approximate surface area is 128 Å². The third-order valence-corrected chi connectivity index (χ3v) is 4.47. The van der Waals surface area contributed by atoms with Gasteiger partial charge in [0.2, 0.25) is 0 Å². The minimum absolute atomic E-state index is 0.119. The highest BCUT2D eigenvalue weighted by Crippen LogP contribution is 2.25. The number of aromatic amines is 1. The van der Waals surface area contributed by atoms with Crippen molar-refractivity contribution in [3.8, 4) is 0 Å². The lowest BCUT2D eigenvalue weighted by Crippen LogP contribution is -2.51. The summed E-state index contributed by atoms with van der Waals surface area (Å²) in [7, 11) is 0. The number of nitrogens with zero attached hydrogens (tertiary/aromatic N) is 3. The molecule has 4 heterocycles. The Morgan fingerprint density at radius 2 is 2.32 bits per heavy atom. The van der Waals surface area contributed by atoms with Gasteiger partial charge in [0.05, 0.1) is 12.0 Å². The van der Waals surface area contributed by atoms with Crippen molar-refractivity contribution in [2.75, 3.05) is 18.5 Å². The van der Waals surface area contributed by atoms with Crippen molar-refractivity contribution in [3.63, 3.8) is 0 Å². The molecule has 2 aliphatic heterocycles. The van der Waals surface area contributed by atoms with Gasteiger partial charge in [-0.1, -0.05) is 0 Å². The second-order valence-electron chi connectivity index (χ2n) is 6.04. The van der Waals surface area contributed by atoms with Gasteiger partial charge < -0.3 is 19.9 Å². The average Bonchev–Trinajstić information content (AvgIpc) is 3.26. The molecule has 0 bridgehead atoms. The van der Waals surface area contributed by atoms with Crippen molar-refractivity contribution in [3.05, 3.63) is 18.6 Å². The SMILES string of the molecule is C[C@H]1CC[C@@H](Nc2ncnc3[nH]ccc23)CN1C(=O)C1CO1. The van der Waals surface area contributed by atoms with E-state index in [0.29, 0.717) is 13.2 Å². The predicted molar refractivity (Wildman–Crippen MR) is 81.4 cm³/mol. The number of anilines is 1. The third kappa shape index (κ3) is 2.41. The van der Waals surface area contributed by atoms with Crippen LogP contribution in [0.1, 0.15) is 19.8 Å². The van der Waals surface area contributed by atoms with E-state index in [-0.39, 0.29) is 24.1 Å². The lowest BCUT2D eigenvalue weighted by molar-refractivity contribution is -0.135. The molecule has 22 heavy (non-hydrogen) atoms. The van der Waals surface area contributed by atoms with Gasteiger partial charge in [-0.2, -0.15) is 0 Å². The summed E-state index contributed by atoms with van der Waals surface area (Å²) in [6.45, 7) is 3.36. The molecule has 3 atom stereocenters. The van der Waals surface area contributed by atoms with Crippen LogP contribution in [-0.4, -0.2) is 57.1 Å². The Hall–Kier alpha value is -2.15. The zero-order valence-electron chi connectivity index (χ0n) is 12.5. The fourth-order valence-electron chi connectivity index (χ4n) is 3.09. The van der Waals surface area contributed by atoms with Gasteiger partial charge in [-0.3, -0.25) is 4.79 Å². The van der Waals surface area contributed by atoms with Gasteiger partial charge in [-0.15, -0.1) is 0 Å². The molecule has 0 saturated carbocycles. The van der Waals surface area contributed by atoms with Gasteiger partial charge in [0.25, 0.3) is 5.91 Å². The monoisotopic (exact) mass is 301 g/mol. The number of nitrogens with one attached hydrogen (secondary N) is 2. The van der Waals surface area contributed by atoms with E-state index in [2.05, 4.69) is 27.2 Å². The van der Waals surface area contributed by atoms with Crippen LogP contribution in [-0.2, 0) is 9.53 Å². The lowest BCUT2D eigenvalue weighted by Gasteiger charge is -2.38. The molecule has 7 nitrogen and oxygen atoms in total. The van der Waals surface area contributed by atoms with E-state index in [1.807, 2.05) is 17.2 Å². The first-order chi connectivity index (χ1) is 10.7. The van der Waals surface area contributed by atoms with Crippen LogP contribution >= 0.6 is 0 Å². The zero-order chi connectivity index (χ0) is 15.1.